The highest BCUT2D eigenvalue weighted by atomic mass is 15.4. The molecule has 24 heavy (non-hydrogen) atoms. The normalized spacial score (nSPS) is 21.5. The molecule has 3 aromatic rings. The Hall–Kier alpha value is -2.77. The van der Waals surface area contributed by atoms with Gasteiger partial charge in [-0.05, 0) is 26.2 Å². The summed E-state index contributed by atoms with van der Waals surface area (Å²) in [4.78, 5) is 15.9. The van der Waals surface area contributed by atoms with Crippen LogP contribution in [0.25, 0.3) is 11.6 Å². The zero-order valence-electron chi connectivity index (χ0n) is 13.7. The van der Waals surface area contributed by atoms with Crippen LogP contribution in [0.2, 0.25) is 0 Å². The zero-order valence-corrected chi connectivity index (χ0v) is 13.7. The van der Waals surface area contributed by atoms with E-state index in [-0.39, 0.29) is 5.54 Å². The first-order chi connectivity index (χ1) is 11.7. The van der Waals surface area contributed by atoms with Crippen LogP contribution in [0.15, 0.2) is 24.9 Å². The van der Waals surface area contributed by atoms with E-state index < -0.39 is 0 Å². The van der Waals surface area contributed by atoms with E-state index in [9.17, 15) is 0 Å². The van der Waals surface area contributed by atoms with Crippen LogP contribution in [0.4, 0.5) is 5.82 Å². The van der Waals surface area contributed by atoms with Crippen LogP contribution in [0.1, 0.15) is 37.8 Å². The molecule has 0 saturated carbocycles. The minimum Gasteiger partial charge on any atom is -0.342 e. The molecule has 1 atom stereocenters. The van der Waals surface area contributed by atoms with Gasteiger partial charge in [-0.25, -0.2) is 9.97 Å². The molecule has 0 aliphatic carbocycles. The van der Waals surface area contributed by atoms with Crippen LogP contribution in [-0.4, -0.2) is 40.8 Å². The highest BCUT2D eigenvalue weighted by Crippen LogP contribution is 2.48. The van der Waals surface area contributed by atoms with Crippen molar-refractivity contribution in [2.24, 2.45) is 0 Å². The molecule has 0 aromatic carbocycles. The SMILES string of the molecule is CC[C@@]12CCCN1c1nc(-n3ccnc3)ncc1-n1c(C)nnc12. The molecule has 0 bridgehead atoms. The average molecular weight is 322 g/mol. The van der Waals surface area contributed by atoms with E-state index in [1.54, 1.807) is 12.5 Å². The summed E-state index contributed by atoms with van der Waals surface area (Å²) in [6.07, 6.45) is 10.4. The number of hydrogen-bond donors (Lipinski definition) is 0. The number of anilines is 1. The second-order valence-electron chi connectivity index (χ2n) is 6.40. The molecule has 0 radical (unpaired) electrons. The van der Waals surface area contributed by atoms with Crippen LogP contribution in [0, 0.1) is 6.92 Å². The number of hydrogen-bond acceptors (Lipinski definition) is 6. The van der Waals surface area contributed by atoms with Crippen molar-refractivity contribution in [2.45, 2.75) is 38.6 Å². The van der Waals surface area contributed by atoms with Crippen molar-refractivity contribution < 1.29 is 0 Å². The lowest BCUT2D eigenvalue weighted by Gasteiger charge is -2.42. The minimum atomic E-state index is -0.116. The second kappa shape index (κ2) is 4.62. The summed E-state index contributed by atoms with van der Waals surface area (Å²) >= 11 is 0. The van der Waals surface area contributed by atoms with Gasteiger partial charge < -0.3 is 4.90 Å². The number of rotatable bonds is 2. The Labute approximate surface area is 139 Å². The summed E-state index contributed by atoms with van der Waals surface area (Å²) in [7, 11) is 0. The monoisotopic (exact) mass is 322 g/mol. The predicted octanol–water partition coefficient (Wildman–Crippen LogP) is 1.77. The molecule has 8 nitrogen and oxygen atoms in total. The third-order valence-corrected chi connectivity index (χ3v) is 5.28. The molecule has 0 amide bonds. The lowest BCUT2D eigenvalue weighted by molar-refractivity contribution is 0.381. The maximum absolute atomic E-state index is 4.87. The molecule has 5 rings (SSSR count). The molecule has 2 aliphatic rings. The predicted molar refractivity (Wildman–Crippen MR) is 87.4 cm³/mol. The molecule has 8 heteroatoms. The third kappa shape index (κ3) is 1.55. The van der Waals surface area contributed by atoms with Gasteiger partial charge in [-0.1, -0.05) is 6.92 Å². The van der Waals surface area contributed by atoms with Gasteiger partial charge in [0.25, 0.3) is 0 Å². The number of imidazole rings is 1. The van der Waals surface area contributed by atoms with Crippen LogP contribution in [0.3, 0.4) is 0 Å². The van der Waals surface area contributed by atoms with Crippen molar-refractivity contribution in [3.05, 3.63) is 36.6 Å². The fourth-order valence-corrected chi connectivity index (χ4v) is 4.11. The molecule has 122 valence electrons. The first kappa shape index (κ1) is 13.6. The molecule has 5 heterocycles. The van der Waals surface area contributed by atoms with Gasteiger partial charge in [0.15, 0.2) is 11.6 Å². The molecule has 3 aromatic heterocycles. The molecule has 0 unspecified atom stereocenters. The van der Waals surface area contributed by atoms with Gasteiger partial charge in [-0.3, -0.25) is 9.13 Å². The Morgan fingerprint density at radius 3 is 3.00 bits per heavy atom. The molecular weight excluding hydrogens is 304 g/mol. The molecule has 0 N–H and O–H groups in total. The number of nitrogens with zero attached hydrogens (tertiary/aromatic N) is 8. The summed E-state index contributed by atoms with van der Waals surface area (Å²) in [6.45, 7) is 5.18. The summed E-state index contributed by atoms with van der Waals surface area (Å²) in [5.41, 5.74) is 0.844. The standard InChI is InChI=1S/C16H18N8/c1-3-16-5-4-7-23(16)13-12(24-11(2)20-21-14(16)24)9-18-15(19-13)22-8-6-17-10-22/h6,8-10H,3-5,7H2,1-2H3/t16-/m0/s1. The third-order valence-electron chi connectivity index (χ3n) is 5.28. The first-order valence-corrected chi connectivity index (χ1v) is 8.30. The highest BCUT2D eigenvalue weighted by molar-refractivity contribution is 5.65. The van der Waals surface area contributed by atoms with E-state index in [0.29, 0.717) is 5.95 Å². The Morgan fingerprint density at radius 1 is 1.29 bits per heavy atom. The lowest BCUT2D eigenvalue weighted by Crippen LogP contribution is -2.47. The van der Waals surface area contributed by atoms with Gasteiger partial charge in [-0.15, -0.1) is 10.2 Å². The van der Waals surface area contributed by atoms with E-state index in [2.05, 4.69) is 36.6 Å². The van der Waals surface area contributed by atoms with Gasteiger partial charge in [0.05, 0.1) is 6.20 Å². The molecule has 1 fully saturated rings. The minimum absolute atomic E-state index is 0.116. The van der Waals surface area contributed by atoms with E-state index in [4.69, 9.17) is 4.98 Å². The molecular formula is C16H18N8. The van der Waals surface area contributed by atoms with Gasteiger partial charge in [-0.2, -0.15) is 4.98 Å². The maximum Gasteiger partial charge on any atom is 0.236 e. The summed E-state index contributed by atoms with van der Waals surface area (Å²) in [5, 5.41) is 8.85. The average Bonchev–Trinajstić information content (AvgIpc) is 3.34. The van der Waals surface area contributed by atoms with Gasteiger partial charge in [0.2, 0.25) is 5.95 Å². The molecule has 1 saturated heterocycles. The van der Waals surface area contributed by atoms with Crippen molar-refractivity contribution in [3.8, 4) is 11.6 Å². The molecule has 0 spiro atoms. The molecule has 2 aliphatic heterocycles. The lowest BCUT2D eigenvalue weighted by atomic mass is 9.90. The summed E-state index contributed by atoms with van der Waals surface area (Å²) < 4.78 is 3.96. The Morgan fingerprint density at radius 2 is 2.21 bits per heavy atom. The topological polar surface area (TPSA) is 77.5 Å². The van der Waals surface area contributed by atoms with E-state index in [0.717, 1.165) is 49.0 Å². The van der Waals surface area contributed by atoms with Crippen molar-refractivity contribution >= 4 is 5.82 Å². The number of aryl methyl sites for hydroxylation is 1. The van der Waals surface area contributed by atoms with E-state index in [1.807, 2.05) is 23.9 Å². The Balaban J connectivity index is 1.79. The fraction of sp³-hybridized carbons (Fsp3) is 0.438. The fourth-order valence-electron chi connectivity index (χ4n) is 4.11. The van der Waals surface area contributed by atoms with E-state index >= 15 is 0 Å². The van der Waals surface area contributed by atoms with Crippen molar-refractivity contribution in [1.82, 2.24) is 34.3 Å². The quantitative estimate of drug-likeness (QED) is 0.715. The Bertz CT molecular complexity index is 912. The first-order valence-electron chi connectivity index (χ1n) is 8.30. The largest absolute Gasteiger partial charge is 0.342 e. The number of aromatic nitrogens is 7. The second-order valence-corrected chi connectivity index (χ2v) is 6.40. The smallest absolute Gasteiger partial charge is 0.236 e. The van der Waals surface area contributed by atoms with E-state index in [1.165, 1.54) is 0 Å². The Kier molecular flexibility index (Phi) is 2.63. The van der Waals surface area contributed by atoms with Crippen LogP contribution < -0.4 is 4.90 Å². The summed E-state index contributed by atoms with van der Waals surface area (Å²) in [5.74, 6) is 3.50. The number of fused-ring (bicyclic) bond motifs is 6. The van der Waals surface area contributed by atoms with Gasteiger partial charge >= 0.3 is 0 Å². The summed E-state index contributed by atoms with van der Waals surface area (Å²) in [6, 6.07) is 0. The zero-order chi connectivity index (χ0) is 16.3. The van der Waals surface area contributed by atoms with Crippen molar-refractivity contribution in [3.63, 3.8) is 0 Å². The maximum atomic E-state index is 4.87. The van der Waals surface area contributed by atoms with Crippen LogP contribution >= 0.6 is 0 Å². The highest BCUT2D eigenvalue weighted by Gasteiger charge is 2.50. The van der Waals surface area contributed by atoms with Gasteiger partial charge in [0.1, 0.15) is 23.4 Å². The van der Waals surface area contributed by atoms with Crippen LogP contribution in [0.5, 0.6) is 0 Å². The van der Waals surface area contributed by atoms with Crippen molar-refractivity contribution in [1.29, 1.82) is 0 Å². The van der Waals surface area contributed by atoms with Crippen molar-refractivity contribution in [2.75, 3.05) is 11.4 Å². The van der Waals surface area contributed by atoms with Crippen LogP contribution in [-0.2, 0) is 5.54 Å². The van der Waals surface area contributed by atoms with Gasteiger partial charge in [0, 0.05) is 18.9 Å².